The van der Waals surface area contributed by atoms with Gasteiger partial charge in [0.25, 0.3) is 5.91 Å². The Morgan fingerprint density at radius 2 is 2.00 bits per heavy atom. The second-order valence-corrected chi connectivity index (χ2v) is 4.03. The van der Waals surface area contributed by atoms with E-state index in [1.54, 1.807) is 0 Å². The highest BCUT2D eigenvalue weighted by Crippen LogP contribution is 2.12. The molecule has 1 rings (SSSR count). The maximum absolute atomic E-state index is 13.3. The molecule has 0 aliphatic heterocycles. The van der Waals surface area contributed by atoms with Crippen LogP contribution in [-0.4, -0.2) is 17.8 Å². The highest BCUT2D eigenvalue weighted by Gasteiger charge is 2.19. The number of rotatable bonds is 5. The Kier molecular flexibility index (Phi) is 5.35. The smallest absolute Gasteiger partial charge is 0.257 e. The Hall–Kier alpha value is -1.16. The van der Waals surface area contributed by atoms with Crippen LogP contribution in [0, 0.1) is 11.6 Å². The standard InChI is InChI=1S/C12H14ClF2NO/c1-2-8(6-7-13)16-12(17)11-9(14)4-3-5-10(11)15/h3-5,8H,2,6-7H2,1H3,(H,16,17). The number of alkyl halides is 1. The molecule has 17 heavy (non-hydrogen) atoms. The van der Waals surface area contributed by atoms with Crippen molar-refractivity contribution in [1.82, 2.24) is 5.32 Å². The molecular formula is C12H14ClF2NO. The topological polar surface area (TPSA) is 29.1 Å². The number of benzene rings is 1. The van der Waals surface area contributed by atoms with Gasteiger partial charge in [0, 0.05) is 11.9 Å². The fourth-order valence-corrected chi connectivity index (χ4v) is 1.75. The molecule has 0 saturated heterocycles. The number of hydrogen-bond donors (Lipinski definition) is 1. The molecule has 0 saturated carbocycles. The van der Waals surface area contributed by atoms with E-state index in [0.29, 0.717) is 18.7 Å². The minimum Gasteiger partial charge on any atom is -0.349 e. The van der Waals surface area contributed by atoms with E-state index in [9.17, 15) is 13.6 Å². The molecule has 1 amide bonds. The van der Waals surface area contributed by atoms with E-state index in [1.165, 1.54) is 6.07 Å². The van der Waals surface area contributed by atoms with Crippen molar-refractivity contribution in [2.24, 2.45) is 0 Å². The Morgan fingerprint density at radius 3 is 2.47 bits per heavy atom. The van der Waals surface area contributed by atoms with Crippen LogP contribution in [0.25, 0.3) is 0 Å². The zero-order valence-electron chi connectivity index (χ0n) is 9.47. The van der Waals surface area contributed by atoms with Gasteiger partial charge >= 0.3 is 0 Å². The van der Waals surface area contributed by atoms with Crippen molar-refractivity contribution in [1.29, 1.82) is 0 Å². The van der Waals surface area contributed by atoms with Crippen molar-refractivity contribution in [3.63, 3.8) is 0 Å². The minimum absolute atomic E-state index is 0.168. The second kappa shape index (κ2) is 6.55. The van der Waals surface area contributed by atoms with Crippen LogP contribution < -0.4 is 5.32 Å². The van der Waals surface area contributed by atoms with Gasteiger partial charge in [-0.1, -0.05) is 13.0 Å². The van der Waals surface area contributed by atoms with E-state index in [0.717, 1.165) is 12.1 Å². The SMILES string of the molecule is CCC(CCCl)NC(=O)c1c(F)cccc1F. The van der Waals surface area contributed by atoms with Gasteiger partial charge in [-0.15, -0.1) is 11.6 Å². The largest absolute Gasteiger partial charge is 0.349 e. The summed E-state index contributed by atoms with van der Waals surface area (Å²) in [5.41, 5.74) is -0.541. The van der Waals surface area contributed by atoms with Crippen LogP contribution >= 0.6 is 11.6 Å². The average Bonchev–Trinajstić information content (AvgIpc) is 2.28. The maximum atomic E-state index is 13.3. The third kappa shape index (κ3) is 3.66. The van der Waals surface area contributed by atoms with Crippen molar-refractivity contribution >= 4 is 17.5 Å². The molecule has 5 heteroatoms. The van der Waals surface area contributed by atoms with Gasteiger partial charge in [-0.2, -0.15) is 0 Å². The molecule has 0 fully saturated rings. The first-order chi connectivity index (χ1) is 8.10. The first-order valence-corrected chi connectivity index (χ1v) is 5.94. The number of carbonyl (C=O) groups excluding carboxylic acids is 1. The molecule has 0 aromatic heterocycles. The van der Waals surface area contributed by atoms with Crippen LogP contribution in [0.1, 0.15) is 30.1 Å². The average molecular weight is 262 g/mol. The maximum Gasteiger partial charge on any atom is 0.257 e. The second-order valence-electron chi connectivity index (χ2n) is 3.65. The third-order valence-electron chi connectivity index (χ3n) is 2.48. The van der Waals surface area contributed by atoms with Crippen molar-refractivity contribution in [2.75, 3.05) is 5.88 Å². The highest BCUT2D eigenvalue weighted by molar-refractivity contribution is 6.17. The highest BCUT2D eigenvalue weighted by atomic mass is 35.5. The first kappa shape index (κ1) is 13.9. The summed E-state index contributed by atoms with van der Waals surface area (Å²) in [4.78, 5) is 11.7. The fraction of sp³-hybridized carbons (Fsp3) is 0.417. The van der Waals surface area contributed by atoms with Crippen molar-refractivity contribution in [3.05, 3.63) is 35.4 Å². The Bertz CT molecular complexity index is 378. The number of amides is 1. The number of carbonyl (C=O) groups is 1. The van der Waals surface area contributed by atoms with Gasteiger partial charge in [0.15, 0.2) is 0 Å². The Balaban J connectivity index is 2.82. The molecule has 1 aromatic carbocycles. The van der Waals surface area contributed by atoms with Gasteiger partial charge in [0.1, 0.15) is 17.2 Å². The van der Waals surface area contributed by atoms with Crippen LogP contribution in [-0.2, 0) is 0 Å². The molecule has 1 aromatic rings. The lowest BCUT2D eigenvalue weighted by atomic mass is 10.1. The summed E-state index contributed by atoms with van der Waals surface area (Å²) in [7, 11) is 0. The van der Waals surface area contributed by atoms with E-state index in [4.69, 9.17) is 11.6 Å². The zero-order chi connectivity index (χ0) is 12.8. The van der Waals surface area contributed by atoms with E-state index in [2.05, 4.69) is 5.32 Å². The molecule has 0 heterocycles. The minimum atomic E-state index is -0.858. The predicted octanol–water partition coefficient (Wildman–Crippen LogP) is 3.10. The van der Waals surface area contributed by atoms with Crippen molar-refractivity contribution < 1.29 is 13.6 Å². The van der Waals surface area contributed by atoms with Crippen LogP contribution in [0.3, 0.4) is 0 Å². The van der Waals surface area contributed by atoms with Crippen LogP contribution in [0.2, 0.25) is 0 Å². The molecule has 0 spiro atoms. The van der Waals surface area contributed by atoms with E-state index in [1.807, 2.05) is 6.92 Å². The molecule has 0 aliphatic rings. The molecule has 1 unspecified atom stereocenters. The number of hydrogen-bond acceptors (Lipinski definition) is 1. The molecular weight excluding hydrogens is 248 g/mol. The molecule has 0 radical (unpaired) electrons. The van der Waals surface area contributed by atoms with Crippen molar-refractivity contribution in [3.8, 4) is 0 Å². The van der Waals surface area contributed by atoms with Crippen LogP contribution in [0.5, 0.6) is 0 Å². The third-order valence-corrected chi connectivity index (χ3v) is 2.69. The fourth-order valence-electron chi connectivity index (χ4n) is 1.48. The van der Waals surface area contributed by atoms with E-state index in [-0.39, 0.29) is 6.04 Å². The predicted molar refractivity (Wildman–Crippen MR) is 63.2 cm³/mol. The molecule has 0 bridgehead atoms. The molecule has 2 nitrogen and oxygen atoms in total. The monoisotopic (exact) mass is 261 g/mol. The lowest BCUT2D eigenvalue weighted by Gasteiger charge is -2.16. The van der Waals surface area contributed by atoms with E-state index < -0.39 is 23.1 Å². The summed E-state index contributed by atoms with van der Waals surface area (Å²) in [6, 6.07) is 3.16. The van der Waals surface area contributed by atoms with Gasteiger partial charge in [-0.3, -0.25) is 4.79 Å². The Labute approximate surface area is 104 Å². The summed E-state index contributed by atoms with van der Waals surface area (Å²) in [6.07, 6.45) is 1.23. The molecule has 0 aliphatic carbocycles. The lowest BCUT2D eigenvalue weighted by Crippen LogP contribution is -2.35. The van der Waals surface area contributed by atoms with Gasteiger partial charge in [0.2, 0.25) is 0 Å². The summed E-state index contributed by atoms with van der Waals surface area (Å²) in [5, 5.41) is 2.56. The zero-order valence-corrected chi connectivity index (χ0v) is 10.2. The quantitative estimate of drug-likeness (QED) is 0.811. The Morgan fingerprint density at radius 1 is 1.41 bits per heavy atom. The summed E-state index contributed by atoms with van der Waals surface area (Å²) in [5.74, 6) is -2.07. The van der Waals surface area contributed by atoms with Gasteiger partial charge in [-0.05, 0) is 25.0 Å². The molecule has 1 atom stereocenters. The van der Waals surface area contributed by atoms with Gasteiger partial charge in [-0.25, -0.2) is 8.78 Å². The van der Waals surface area contributed by atoms with Gasteiger partial charge in [0.05, 0.1) is 0 Å². The number of nitrogens with one attached hydrogen (secondary N) is 1. The molecule has 1 N–H and O–H groups in total. The van der Waals surface area contributed by atoms with E-state index >= 15 is 0 Å². The first-order valence-electron chi connectivity index (χ1n) is 5.41. The lowest BCUT2D eigenvalue weighted by molar-refractivity contribution is 0.0926. The number of halogens is 3. The van der Waals surface area contributed by atoms with Crippen molar-refractivity contribution in [2.45, 2.75) is 25.8 Å². The summed E-state index contributed by atoms with van der Waals surface area (Å²) < 4.78 is 26.6. The van der Waals surface area contributed by atoms with Crippen LogP contribution in [0.4, 0.5) is 8.78 Å². The normalized spacial score (nSPS) is 12.2. The summed E-state index contributed by atoms with van der Waals surface area (Å²) >= 11 is 5.57. The van der Waals surface area contributed by atoms with Gasteiger partial charge < -0.3 is 5.32 Å². The summed E-state index contributed by atoms with van der Waals surface area (Å²) in [6.45, 7) is 1.87. The molecule has 94 valence electrons. The van der Waals surface area contributed by atoms with Crippen LogP contribution in [0.15, 0.2) is 18.2 Å².